The summed E-state index contributed by atoms with van der Waals surface area (Å²) in [6.45, 7) is 5.44. The zero-order chi connectivity index (χ0) is 23.9. The summed E-state index contributed by atoms with van der Waals surface area (Å²) in [4.78, 5) is 28.5. The molecule has 4 rings (SSSR count). The van der Waals surface area contributed by atoms with Gasteiger partial charge in [0.2, 0.25) is 0 Å². The number of carbonyl (C=O) groups is 1. The lowest BCUT2D eigenvalue weighted by Crippen LogP contribution is -2.37. The van der Waals surface area contributed by atoms with E-state index in [0.29, 0.717) is 25.5 Å². The van der Waals surface area contributed by atoms with Crippen molar-refractivity contribution in [1.82, 2.24) is 20.3 Å². The van der Waals surface area contributed by atoms with Crippen LogP contribution >= 0.6 is 0 Å². The highest BCUT2D eigenvalue weighted by Gasteiger charge is 2.20. The summed E-state index contributed by atoms with van der Waals surface area (Å²) in [6.07, 6.45) is 5.17. The van der Waals surface area contributed by atoms with E-state index in [0.717, 1.165) is 35.7 Å². The number of morpholine rings is 1. The number of likely N-dealkylation sites (N-methyl/N-ethyl adjacent to an activating group) is 1. The summed E-state index contributed by atoms with van der Waals surface area (Å²) >= 11 is 0. The number of pyridine rings is 1. The minimum Gasteiger partial charge on any atom is -0.492 e. The number of ether oxygens (including phenoxy) is 2. The van der Waals surface area contributed by atoms with Gasteiger partial charge in [-0.15, -0.1) is 0 Å². The molecule has 9 heteroatoms. The van der Waals surface area contributed by atoms with E-state index in [4.69, 9.17) is 15.2 Å². The van der Waals surface area contributed by atoms with Gasteiger partial charge in [-0.3, -0.25) is 9.78 Å². The maximum atomic E-state index is 13.2. The van der Waals surface area contributed by atoms with Crippen LogP contribution in [0.3, 0.4) is 0 Å². The average molecular weight is 463 g/mol. The highest BCUT2D eigenvalue weighted by Crippen LogP contribution is 2.25. The number of hydrogen-bond donors (Lipinski definition) is 2. The molecular formula is C25H30N6O3. The molecule has 34 heavy (non-hydrogen) atoms. The van der Waals surface area contributed by atoms with E-state index in [1.807, 2.05) is 44.3 Å². The largest absolute Gasteiger partial charge is 0.492 e. The zero-order valence-corrected chi connectivity index (χ0v) is 19.5. The van der Waals surface area contributed by atoms with Crippen LogP contribution in [-0.2, 0) is 11.2 Å². The Morgan fingerprint density at radius 2 is 2.09 bits per heavy atom. The van der Waals surface area contributed by atoms with E-state index in [1.54, 1.807) is 18.6 Å². The van der Waals surface area contributed by atoms with Gasteiger partial charge in [0.05, 0.1) is 25.1 Å². The average Bonchev–Trinajstić information content (AvgIpc) is 2.88. The second-order valence-electron chi connectivity index (χ2n) is 8.22. The SMILES string of the molecule is CNC(C)COc1cccc(-c2cnc(N)c(C(=O)Cc3cnccc3N3CCOCC3)n2)c1. The maximum Gasteiger partial charge on any atom is 0.189 e. The van der Waals surface area contributed by atoms with Gasteiger partial charge in [0.25, 0.3) is 0 Å². The molecule has 0 amide bonds. The first-order chi connectivity index (χ1) is 16.5. The molecule has 178 valence electrons. The first kappa shape index (κ1) is 23.6. The predicted molar refractivity (Wildman–Crippen MR) is 131 cm³/mol. The molecule has 1 aliphatic rings. The number of ketones is 1. The molecule has 0 spiro atoms. The maximum absolute atomic E-state index is 13.2. The van der Waals surface area contributed by atoms with Crippen molar-refractivity contribution in [3.63, 3.8) is 0 Å². The van der Waals surface area contributed by atoms with Crippen LogP contribution in [0.5, 0.6) is 5.75 Å². The van der Waals surface area contributed by atoms with E-state index >= 15 is 0 Å². The van der Waals surface area contributed by atoms with Crippen LogP contribution in [0, 0.1) is 0 Å². The number of nitrogens with zero attached hydrogens (tertiary/aromatic N) is 4. The molecule has 1 aromatic carbocycles. The number of hydrogen-bond acceptors (Lipinski definition) is 9. The van der Waals surface area contributed by atoms with Gasteiger partial charge in [0.15, 0.2) is 11.6 Å². The fraction of sp³-hybridized carbons (Fsp3) is 0.360. The topological polar surface area (TPSA) is 115 Å². The van der Waals surface area contributed by atoms with Crippen molar-refractivity contribution in [2.24, 2.45) is 0 Å². The third-order valence-corrected chi connectivity index (χ3v) is 5.77. The van der Waals surface area contributed by atoms with E-state index < -0.39 is 0 Å². The number of anilines is 2. The number of Topliss-reactive ketones (excluding diaryl/α,β-unsaturated/α-hetero) is 1. The number of nitrogen functional groups attached to an aromatic ring is 1. The molecule has 2 aromatic heterocycles. The highest BCUT2D eigenvalue weighted by atomic mass is 16.5. The van der Waals surface area contributed by atoms with Gasteiger partial charge in [-0.1, -0.05) is 12.1 Å². The second kappa shape index (κ2) is 11.0. The highest BCUT2D eigenvalue weighted by molar-refractivity contribution is 6.00. The monoisotopic (exact) mass is 462 g/mol. The van der Waals surface area contributed by atoms with Gasteiger partial charge in [-0.05, 0) is 32.2 Å². The van der Waals surface area contributed by atoms with Crippen molar-refractivity contribution in [3.8, 4) is 17.0 Å². The molecule has 0 saturated carbocycles. The van der Waals surface area contributed by atoms with E-state index in [9.17, 15) is 4.79 Å². The molecular weight excluding hydrogens is 432 g/mol. The molecule has 0 radical (unpaired) electrons. The Morgan fingerprint density at radius 1 is 1.26 bits per heavy atom. The number of nitrogens with one attached hydrogen (secondary N) is 1. The van der Waals surface area contributed by atoms with Crippen molar-refractivity contribution >= 4 is 17.3 Å². The molecule has 1 aliphatic heterocycles. The lowest BCUT2D eigenvalue weighted by Gasteiger charge is -2.30. The Bertz CT molecular complexity index is 1130. The van der Waals surface area contributed by atoms with Crippen LogP contribution in [0.25, 0.3) is 11.3 Å². The predicted octanol–water partition coefficient (Wildman–Crippen LogP) is 2.37. The normalized spacial score (nSPS) is 14.6. The third kappa shape index (κ3) is 5.67. The van der Waals surface area contributed by atoms with Crippen LogP contribution < -0.4 is 20.7 Å². The Morgan fingerprint density at radius 3 is 2.88 bits per heavy atom. The molecule has 3 N–H and O–H groups in total. The van der Waals surface area contributed by atoms with Crippen LogP contribution in [0.1, 0.15) is 23.0 Å². The number of nitrogens with two attached hydrogens (primary N) is 1. The summed E-state index contributed by atoms with van der Waals surface area (Å²) < 4.78 is 11.3. The lowest BCUT2D eigenvalue weighted by atomic mass is 10.1. The van der Waals surface area contributed by atoms with Gasteiger partial charge in [-0.2, -0.15) is 0 Å². The van der Waals surface area contributed by atoms with Crippen molar-refractivity contribution in [2.45, 2.75) is 19.4 Å². The molecule has 0 bridgehead atoms. The molecule has 3 heterocycles. The molecule has 1 fully saturated rings. The van der Waals surface area contributed by atoms with Gasteiger partial charge >= 0.3 is 0 Å². The smallest absolute Gasteiger partial charge is 0.189 e. The van der Waals surface area contributed by atoms with Crippen LogP contribution in [-0.4, -0.2) is 66.7 Å². The van der Waals surface area contributed by atoms with Gasteiger partial charge < -0.3 is 25.4 Å². The Balaban J connectivity index is 1.55. The van der Waals surface area contributed by atoms with E-state index in [-0.39, 0.29) is 29.8 Å². The Kier molecular flexibility index (Phi) is 7.66. The second-order valence-corrected chi connectivity index (χ2v) is 8.22. The molecule has 0 aliphatic carbocycles. The van der Waals surface area contributed by atoms with Crippen molar-refractivity contribution in [2.75, 3.05) is 50.6 Å². The molecule has 9 nitrogen and oxygen atoms in total. The van der Waals surface area contributed by atoms with Crippen LogP contribution in [0.2, 0.25) is 0 Å². The summed E-state index contributed by atoms with van der Waals surface area (Å²) in [7, 11) is 1.89. The van der Waals surface area contributed by atoms with Crippen molar-refractivity contribution in [1.29, 1.82) is 0 Å². The molecule has 1 saturated heterocycles. The molecule has 1 unspecified atom stereocenters. The fourth-order valence-corrected chi connectivity index (χ4v) is 3.72. The Labute approximate surface area is 199 Å². The standard InChI is InChI=1S/C25H30N6O3/c1-17(27-2)16-34-20-5-3-4-18(12-20)21-15-29-25(26)24(30-21)23(32)13-19-14-28-7-6-22(19)31-8-10-33-11-9-31/h3-7,12,14-15,17,27H,8-11,13,16H2,1-2H3,(H2,26,29). The molecule has 3 aromatic rings. The minimum absolute atomic E-state index is 0.112. The third-order valence-electron chi connectivity index (χ3n) is 5.77. The van der Waals surface area contributed by atoms with E-state index in [1.165, 1.54) is 0 Å². The van der Waals surface area contributed by atoms with Gasteiger partial charge in [0.1, 0.15) is 18.1 Å². The van der Waals surface area contributed by atoms with Crippen molar-refractivity contribution < 1.29 is 14.3 Å². The zero-order valence-electron chi connectivity index (χ0n) is 19.5. The number of benzene rings is 1. The van der Waals surface area contributed by atoms with Gasteiger partial charge in [-0.25, -0.2) is 9.97 Å². The number of carbonyl (C=O) groups excluding carboxylic acids is 1. The summed E-state index contributed by atoms with van der Waals surface area (Å²) in [6, 6.07) is 9.71. The number of rotatable bonds is 9. The van der Waals surface area contributed by atoms with Gasteiger partial charge in [0, 0.05) is 54.8 Å². The Hall–Kier alpha value is -3.56. The summed E-state index contributed by atoms with van der Waals surface area (Å²) in [5.74, 6) is 0.627. The summed E-state index contributed by atoms with van der Waals surface area (Å²) in [5.41, 5.74) is 9.38. The minimum atomic E-state index is -0.204. The van der Waals surface area contributed by atoms with Crippen LogP contribution in [0.4, 0.5) is 11.5 Å². The summed E-state index contributed by atoms with van der Waals surface area (Å²) in [5, 5.41) is 3.14. The van der Waals surface area contributed by atoms with E-state index in [2.05, 4.69) is 25.2 Å². The first-order valence-corrected chi connectivity index (χ1v) is 11.4. The van der Waals surface area contributed by atoms with Crippen LogP contribution in [0.15, 0.2) is 48.9 Å². The first-order valence-electron chi connectivity index (χ1n) is 11.4. The lowest BCUT2D eigenvalue weighted by molar-refractivity contribution is 0.0988. The molecule has 1 atom stereocenters. The quantitative estimate of drug-likeness (QED) is 0.462. The fourth-order valence-electron chi connectivity index (χ4n) is 3.72. The number of aromatic nitrogens is 3. The van der Waals surface area contributed by atoms with Crippen molar-refractivity contribution in [3.05, 3.63) is 60.2 Å².